The number of rotatable bonds is 4. The van der Waals surface area contributed by atoms with E-state index >= 15 is 0 Å². The summed E-state index contributed by atoms with van der Waals surface area (Å²) < 4.78 is 0. The summed E-state index contributed by atoms with van der Waals surface area (Å²) in [5, 5.41) is 3.51. The van der Waals surface area contributed by atoms with Crippen LogP contribution < -0.4 is 5.32 Å². The van der Waals surface area contributed by atoms with E-state index in [0.29, 0.717) is 22.3 Å². The molecule has 2 aromatic carbocycles. The first kappa shape index (κ1) is 20.6. The fourth-order valence-corrected chi connectivity index (χ4v) is 4.49. The van der Waals surface area contributed by atoms with Crippen molar-refractivity contribution in [1.29, 1.82) is 0 Å². The molecule has 0 radical (unpaired) electrons. The summed E-state index contributed by atoms with van der Waals surface area (Å²) in [7, 11) is 0. The van der Waals surface area contributed by atoms with Crippen molar-refractivity contribution < 1.29 is 9.59 Å². The second-order valence-corrected chi connectivity index (χ2v) is 8.75. The lowest BCUT2D eigenvalue weighted by atomic mass is 9.82. The minimum Gasteiger partial charge on any atom is -0.324 e. The number of hydrogen-bond acceptors (Lipinski definition) is 3. The largest absolute Gasteiger partial charge is 0.324 e. The molecule has 1 spiro atoms. The molecule has 2 aromatic rings. The summed E-state index contributed by atoms with van der Waals surface area (Å²) in [5.41, 5.74) is 2.10. The molecule has 0 atom stereocenters. The molecule has 1 N–H and O–H groups in total. The van der Waals surface area contributed by atoms with Crippen molar-refractivity contribution in [2.45, 2.75) is 45.2 Å². The van der Waals surface area contributed by atoms with Gasteiger partial charge in [0.25, 0.3) is 5.91 Å². The summed E-state index contributed by atoms with van der Waals surface area (Å²) in [6.07, 6.45) is 3.54. The standard InChI is InChI=1S/C24H26ClN3O2/c1-16-11-13-24(14-12-16)27-22(18-7-4-3-5-8-18)23(30)28(24)15-21(29)26-20-10-6-9-19(25)17(20)2/h3-10,16H,11-15H2,1-2H3,(H,26,29). The number of nitrogens with zero attached hydrogens (tertiary/aromatic N) is 2. The van der Waals surface area contributed by atoms with Gasteiger partial charge >= 0.3 is 0 Å². The second kappa shape index (κ2) is 8.23. The van der Waals surface area contributed by atoms with Gasteiger partial charge in [-0.05, 0) is 56.2 Å². The molecule has 30 heavy (non-hydrogen) atoms. The van der Waals surface area contributed by atoms with E-state index in [-0.39, 0.29) is 18.4 Å². The number of amides is 2. The van der Waals surface area contributed by atoms with Crippen molar-refractivity contribution in [3.63, 3.8) is 0 Å². The third kappa shape index (κ3) is 3.86. The van der Waals surface area contributed by atoms with Gasteiger partial charge in [0.2, 0.25) is 5.91 Å². The van der Waals surface area contributed by atoms with E-state index in [1.165, 1.54) is 0 Å². The maximum Gasteiger partial charge on any atom is 0.275 e. The highest BCUT2D eigenvalue weighted by molar-refractivity contribution is 6.47. The lowest BCUT2D eigenvalue weighted by molar-refractivity contribution is -0.134. The Kier molecular flexibility index (Phi) is 5.65. The van der Waals surface area contributed by atoms with Gasteiger partial charge in [0.15, 0.2) is 0 Å². The van der Waals surface area contributed by atoms with E-state index in [1.54, 1.807) is 17.0 Å². The minimum atomic E-state index is -0.629. The van der Waals surface area contributed by atoms with Crippen LogP contribution in [0.5, 0.6) is 0 Å². The Morgan fingerprint density at radius 1 is 1.17 bits per heavy atom. The van der Waals surface area contributed by atoms with E-state index in [9.17, 15) is 9.59 Å². The maximum atomic E-state index is 13.4. The molecule has 0 unspecified atom stereocenters. The molecule has 1 heterocycles. The molecule has 1 aliphatic carbocycles. The third-order valence-corrected chi connectivity index (χ3v) is 6.65. The number of hydrogen-bond donors (Lipinski definition) is 1. The van der Waals surface area contributed by atoms with Crippen molar-refractivity contribution in [2.24, 2.45) is 10.9 Å². The molecular formula is C24H26ClN3O2. The zero-order valence-electron chi connectivity index (χ0n) is 17.3. The van der Waals surface area contributed by atoms with Gasteiger partial charge in [-0.2, -0.15) is 0 Å². The predicted octanol–water partition coefficient (Wildman–Crippen LogP) is 4.82. The Morgan fingerprint density at radius 2 is 1.87 bits per heavy atom. The molecule has 1 saturated carbocycles. The number of carbonyl (C=O) groups excluding carboxylic acids is 2. The minimum absolute atomic E-state index is 0.0288. The molecular weight excluding hydrogens is 398 g/mol. The van der Waals surface area contributed by atoms with Crippen LogP contribution in [0.4, 0.5) is 5.69 Å². The Balaban J connectivity index is 1.60. The van der Waals surface area contributed by atoms with Crippen LogP contribution in [0, 0.1) is 12.8 Å². The van der Waals surface area contributed by atoms with Gasteiger partial charge < -0.3 is 10.2 Å². The summed E-state index contributed by atoms with van der Waals surface area (Å²) >= 11 is 6.17. The maximum absolute atomic E-state index is 13.4. The topological polar surface area (TPSA) is 61.8 Å². The second-order valence-electron chi connectivity index (χ2n) is 8.34. The normalized spacial score (nSPS) is 23.6. The van der Waals surface area contributed by atoms with E-state index in [4.69, 9.17) is 16.6 Å². The Bertz CT molecular complexity index is 995. The van der Waals surface area contributed by atoms with Crippen LogP contribution in [-0.4, -0.2) is 34.6 Å². The highest BCUT2D eigenvalue weighted by Crippen LogP contribution is 2.41. The highest BCUT2D eigenvalue weighted by Gasteiger charge is 2.49. The van der Waals surface area contributed by atoms with Crippen LogP contribution in [0.2, 0.25) is 5.02 Å². The van der Waals surface area contributed by atoms with Crippen LogP contribution >= 0.6 is 11.6 Å². The van der Waals surface area contributed by atoms with Crippen LogP contribution in [0.25, 0.3) is 0 Å². The van der Waals surface area contributed by atoms with Crippen molar-refractivity contribution in [3.8, 4) is 0 Å². The van der Waals surface area contributed by atoms with Crippen molar-refractivity contribution in [1.82, 2.24) is 4.90 Å². The van der Waals surface area contributed by atoms with Crippen LogP contribution in [0.3, 0.4) is 0 Å². The molecule has 0 bridgehead atoms. The Morgan fingerprint density at radius 3 is 2.57 bits per heavy atom. The lowest BCUT2D eigenvalue weighted by Crippen LogP contribution is -2.51. The van der Waals surface area contributed by atoms with E-state index < -0.39 is 5.66 Å². The van der Waals surface area contributed by atoms with Crippen LogP contribution in [-0.2, 0) is 9.59 Å². The average molecular weight is 424 g/mol. The molecule has 5 nitrogen and oxygen atoms in total. The highest BCUT2D eigenvalue weighted by atomic mass is 35.5. The fourth-order valence-electron chi connectivity index (χ4n) is 4.32. The molecule has 0 aromatic heterocycles. The quantitative estimate of drug-likeness (QED) is 0.765. The van der Waals surface area contributed by atoms with Crippen LogP contribution in [0.1, 0.15) is 43.7 Å². The van der Waals surface area contributed by atoms with Gasteiger partial charge in [-0.1, -0.05) is 54.9 Å². The Labute approximate surface area is 182 Å². The van der Waals surface area contributed by atoms with E-state index in [0.717, 1.165) is 36.8 Å². The molecule has 156 valence electrons. The van der Waals surface area contributed by atoms with Gasteiger partial charge in [-0.25, -0.2) is 0 Å². The third-order valence-electron chi connectivity index (χ3n) is 6.24. The number of benzene rings is 2. The smallest absolute Gasteiger partial charge is 0.275 e. The van der Waals surface area contributed by atoms with Gasteiger partial charge in [0.05, 0.1) is 0 Å². The zero-order chi connectivity index (χ0) is 21.3. The molecule has 1 aliphatic heterocycles. The van der Waals surface area contributed by atoms with Gasteiger partial charge in [0.1, 0.15) is 17.9 Å². The van der Waals surface area contributed by atoms with Crippen LogP contribution in [0.15, 0.2) is 53.5 Å². The monoisotopic (exact) mass is 423 g/mol. The molecule has 4 rings (SSSR count). The SMILES string of the molecule is Cc1c(Cl)cccc1NC(=O)CN1C(=O)C(c2ccccc2)=NC12CCC(C)CC2. The summed E-state index contributed by atoms with van der Waals surface area (Å²) in [4.78, 5) is 32.9. The molecule has 6 heteroatoms. The fraction of sp³-hybridized carbons (Fsp3) is 0.375. The first-order chi connectivity index (χ1) is 14.4. The number of aliphatic imine (C=N–C) groups is 1. The van der Waals surface area contributed by atoms with Gasteiger partial charge in [0, 0.05) is 16.3 Å². The predicted molar refractivity (Wildman–Crippen MR) is 120 cm³/mol. The lowest BCUT2D eigenvalue weighted by Gasteiger charge is -2.40. The molecule has 1 fully saturated rings. The summed E-state index contributed by atoms with van der Waals surface area (Å²) in [5.74, 6) is 0.191. The van der Waals surface area contributed by atoms with Crippen molar-refractivity contribution in [2.75, 3.05) is 11.9 Å². The summed E-state index contributed by atoms with van der Waals surface area (Å²) in [6, 6.07) is 14.9. The van der Waals surface area contributed by atoms with Crippen molar-refractivity contribution in [3.05, 3.63) is 64.7 Å². The number of carbonyl (C=O) groups is 2. The van der Waals surface area contributed by atoms with E-state index in [1.807, 2.05) is 43.3 Å². The number of anilines is 1. The number of halogens is 1. The molecule has 0 saturated heterocycles. The first-order valence-corrected chi connectivity index (χ1v) is 10.8. The van der Waals surface area contributed by atoms with Gasteiger partial charge in [-0.15, -0.1) is 0 Å². The van der Waals surface area contributed by atoms with Crippen molar-refractivity contribution >= 4 is 34.8 Å². The average Bonchev–Trinajstić information content (AvgIpc) is 3.00. The Hall–Kier alpha value is -2.66. The zero-order valence-corrected chi connectivity index (χ0v) is 18.1. The van der Waals surface area contributed by atoms with Gasteiger partial charge in [-0.3, -0.25) is 14.6 Å². The molecule has 2 aliphatic rings. The van der Waals surface area contributed by atoms with E-state index in [2.05, 4.69) is 12.2 Å². The number of nitrogens with one attached hydrogen (secondary N) is 1. The first-order valence-electron chi connectivity index (χ1n) is 10.4. The summed E-state index contributed by atoms with van der Waals surface area (Å²) in [6.45, 7) is 4.06. The molecule has 2 amide bonds.